The van der Waals surface area contributed by atoms with E-state index in [4.69, 9.17) is 16.9 Å². The zero-order valence-electron chi connectivity index (χ0n) is 9.41. The summed E-state index contributed by atoms with van der Waals surface area (Å²) < 4.78 is 13.9. The molecule has 0 radical (unpaired) electrons. The number of nitrogens with one attached hydrogen (secondary N) is 1. The Hall–Kier alpha value is -1.41. The number of hydrogen-bond donors (Lipinski definition) is 1. The molecule has 2 nitrogen and oxygen atoms in total. The molecule has 1 heterocycles. The third kappa shape index (κ3) is 3.54. The van der Waals surface area contributed by atoms with Crippen LogP contribution in [-0.4, -0.2) is 0 Å². The second kappa shape index (κ2) is 5.96. The molecule has 0 unspecified atom stereocenters. The molecular formula is C13H10ClFN2S. The molecule has 0 spiro atoms. The molecule has 0 saturated heterocycles. The lowest BCUT2D eigenvalue weighted by molar-refractivity contribution is 0.620. The molecule has 0 atom stereocenters. The number of rotatable bonds is 4. The van der Waals surface area contributed by atoms with Crippen LogP contribution in [0.1, 0.15) is 16.0 Å². The fourth-order valence-corrected chi connectivity index (χ4v) is 2.65. The van der Waals surface area contributed by atoms with Gasteiger partial charge in [-0.1, -0.05) is 11.6 Å². The number of nitriles is 1. The van der Waals surface area contributed by atoms with Crippen LogP contribution in [0.3, 0.4) is 0 Å². The van der Waals surface area contributed by atoms with Gasteiger partial charge in [-0.3, -0.25) is 0 Å². The Morgan fingerprint density at radius 3 is 2.78 bits per heavy atom. The van der Waals surface area contributed by atoms with Crippen LogP contribution < -0.4 is 5.32 Å². The van der Waals surface area contributed by atoms with E-state index in [1.54, 1.807) is 6.07 Å². The quantitative estimate of drug-likeness (QED) is 0.927. The zero-order valence-corrected chi connectivity index (χ0v) is 11.0. The maximum Gasteiger partial charge on any atom is 0.124 e. The van der Waals surface area contributed by atoms with Crippen molar-refractivity contribution in [1.82, 2.24) is 5.32 Å². The Bertz CT molecular complexity index is 589. The van der Waals surface area contributed by atoms with Crippen molar-refractivity contribution in [2.75, 3.05) is 0 Å². The largest absolute Gasteiger partial charge is 0.308 e. The third-order valence-corrected chi connectivity index (χ3v) is 3.58. The summed E-state index contributed by atoms with van der Waals surface area (Å²) in [5.74, 6) is -0.384. The van der Waals surface area contributed by atoms with Gasteiger partial charge in [-0.25, -0.2) is 4.39 Å². The van der Waals surface area contributed by atoms with Crippen LogP contribution in [0.15, 0.2) is 30.3 Å². The van der Waals surface area contributed by atoms with Gasteiger partial charge in [-0.15, -0.1) is 11.3 Å². The van der Waals surface area contributed by atoms with Gasteiger partial charge >= 0.3 is 0 Å². The van der Waals surface area contributed by atoms with E-state index in [9.17, 15) is 4.39 Å². The summed E-state index contributed by atoms with van der Waals surface area (Å²) in [6.45, 7) is 1.19. The molecule has 0 aliphatic carbocycles. The van der Waals surface area contributed by atoms with Crippen molar-refractivity contribution in [2.24, 2.45) is 0 Å². The molecule has 0 saturated carbocycles. The monoisotopic (exact) mass is 280 g/mol. The third-order valence-electron chi connectivity index (χ3n) is 2.34. The summed E-state index contributed by atoms with van der Waals surface area (Å²) in [7, 11) is 0. The minimum atomic E-state index is -0.384. The highest BCUT2D eigenvalue weighted by Crippen LogP contribution is 2.21. The summed E-state index contributed by atoms with van der Waals surface area (Å²) in [6.07, 6.45) is 0. The molecule has 0 aliphatic heterocycles. The predicted octanol–water partition coefficient (Wildman–Crippen LogP) is 3.70. The number of nitrogens with zero attached hydrogens (tertiary/aromatic N) is 1. The van der Waals surface area contributed by atoms with Crippen LogP contribution in [0, 0.1) is 17.1 Å². The van der Waals surface area contributed by atoms with Crippen LogP contribution in [-0.2, 0) is 13.1 Å². The normalized spacial score (nSPS) is 10.3. The minimum Gasteiger partial charge on any atom is -0.308 e. The molecule has 18 heavy (non-hydrogen) atoms. The van der Waals surface area contributed by atoms with Gasteiger partial charge in [0.25, 0.3) is 0 Å². The van der Waals surface area contributed by atoms with Gasteiger partial charge in [-0.05, 0) is 35.9 Å². The summed E-state index contributed by atoms with van der Waals surface area (Å²) in [5.41, 5.74) is 1.10. The lowest BCUT2D eigenvalue weighted by atomic mass is 10.1. The van der Waals surface area contributed by atoms with Crippen molar-refractivity contribution in [1.29, 1.82) is 5.26 Å². The first-order valence-electron chi connectivity index (χ1n) is 5.32. The zero-order chi connectivity index (χ0) is 13.0. The Balaban J connectivity index is 1.94. The van der Waals surface area contributed by atoms with E-state index in [0.717, 1.165) is 14.8 Å². The van der Waals surface area contributed by atoms with E-state index in [0.29, 0.717) is 18.7 Å². The van der Waals surface area contributed by atoms with E-state index >= 15 is 0 Å². The Morgan fingerprint density at radius 2 is 2.11 bits per heavy atom. The van der Waals surface area contributed by atoms with Crippen LogP contribution in [0.5, 0.6) is 0 Å². The van der Waals surface area contributed by atoms with Gasteiger partial charge in [0, 0.05) is 18.0 Å². The number of hydrogen-bond acceptors (Lipinski definition) is 3. The second-order valence-electron chi connectivity index (χ2n) is 3.77. The highest BCUT2D eigenvalue weighted by Gasteiger charge is 2.01. The summed E-state index contributed by atoms with van der Waals surface area (Å²) in [5, 5.41) is 11.9. The molecular weight excluding hydrogens is 271 g/mol. The van der Waals surface area contributed by atoms with Gasteiger partial charge in [0.15, 0.2) is 0 Å². The van der Waals surface area contributed by atoms with Crippen LogP contribution in [0.2, 0.25) is 4.34 Å². The maximum atomic E-state index is 13.2. The molecule has 2 rings (SSSR count). The van der Waals surface area contributed by atoms with Crippen molar-refractivity contribution in [2.45, 2.75) is 13.1 Å². The summed E-state index contributed by atoms with van der Waals surface area (Å²) in [4.78, 5) is 1.12. The maximum absolute atomic E-state index is 13.2. The first kappa shape index (κ1) is 13.0. The molecule has 0 fully saturated rings. The number of benzene rings is 1. The highest BCUT2D eigenvalue weighted by molar-refractivity contribution is 7.16. The standard InChI is InChI=1S/C13H10ClFN2S/c14-13-2-1-12(18-13)8-17-7-10-3-9(6-16)4-11(15)5-10/h1-5,17H,7-8H2. The molecule has 1 N–H and O–H groups in total. The second-order valence-corrected chi connectivity index (χ2v) is 5.57. The van der Waals surface area contributed by atoms with E-state index in [1.165, 1.54) is 23.5 Å². The molecule has 1 aromatic heterocycles. The fourth-order valence-electron chi connectivity index (χ4n) is 1.59. The van der Waals surface area contributed by atoms with Crippen molar-refractivity contribution in [3.63, 3.8) is 0 Å². The van der Waals surface area contributed by atoms with Gasteiger partial charge < -0.3 is 5.32 Å². The van der Waals surface area contributed by atoms with E-state index < -0.39 is 0 Å². The predicted molar refractivity (Wildman–Crippen MR) is 71.0 cm³/mol. The van der Waals surface area contributed by atoms with Crippen molar-refractivity contribution >= 4 is 22.9 Å². The fraction of sp³-hybridized carbons (Fsp3) is 0.154. The van der Waals surface area contributed by atoms with Crippen molar-refractivity contribution < 1.29 is 4.39 Å². The Labute approximate surface area is 114 Å². The number of halogens is 2. The Kier molecular flexibility index (Phi) is 4.32. The van der Waals surface area contributed by atoms with Crippen LogP contribution in [0.4, 0.5) is 4.39 Å². The number of thiophene rings is 1. The van der Waals surface area contributed by atoms with E-state index in [2.05, 4.69) is 5.32 Å². The molecule has 5 heteroatoms. The molecule has 2 aromatic rings. The Morgan fingerprint density at radius 1 is 1.28 bits per heavy atom. The molecule has 0 amide bonds. The van der Waals surface area contributed by atoms with Gasteiger partial charge in [0.05, 0.1) is 16.0 Å². The van der Waals surface area contributed by atoms with Crippen molar-refractivity contribution in [3.05, 3.63) is 56.5 Å². The molecule has 0 aliphatic rings. The summed E-state index contributed by atoms with van der Waals surface area (Å²) in [6, 6.07) is 10.1. The first-order valence-corrected chi connectivity index (χ1v) is 6.51. The lowest BCUT2D eigenvalue weighted by Crippen LogP contribution is -2.12. The molecule has 1 aromatic carbocycles. The van der Waals surface area contributed by atoms with Gasteiger partial charge in [0.2, 0.25) is 0 Å². The summed E-state index contributed by atoms with van der Waals surface area (Å²) >= 11 is 7.33. The molecule has 0 bridgehead atoms. The van der Waals surface area contributed by atoms with Crippen LogP contribution >= 0.6 is 22.9 Å². The lowest BCUT2D eigenvalue weighted by Gasteiger charge is -2.04. The van der Waals surface area contributed by atoms with Crippen LogP contribution in [0.25, 0.3) is 0 Å². The topological polar surface area (TPSA) is 35.8 Å². The molecule has 92 valence electrons. The minimum absolute atomic E-state index is 0.339. The van der Waals surface area contributed by atoms with Crippen molar-refractivity contribution in [3.8, 4) is 6.07 Å². The highest BCUT2D eigenvalue weighted by atomic mass is 35.5. The first-order chi connectivity index (χ1) is 8.67. The SMILES string of the molecule is N#Cc1cc(F)cc(CNCc2ccc(Cl)s2)c1. The van der Waals surface area contributed by atoms with Gasteiger partial charge in [0.1, 0.15) is 5.82 Å². The van der Waals surface area contributed by atoms with E-state index in [1.807, 2.05) is 18.2 Å². The average Bonchev–Trinajstić information content (AvgIpc) is 2.74. The smallest absolute Gasteiger partial charge is 0.124 e. The average molecular weight is 281 g/mol. The van der Waals surface area contributed by atoms with E-state index in [-0.39, 0.29) is 5.82 Å². The van der Waals surface area contributed by atoms with Gasteiger partial charge in [-0.2, -0.15) is 5.26 Å².